The molecular weight excluding hydrogens is 239 g/mol. The van der Waals surface area contributed by atoms with E-state index in [-0.39, 0.29) is 46.5 Å². The van der Waals surface area contributed by atoms with E-state index in [2.05, 4.69) is 26.0 Å². The zero-order valence-corrected chi connectivity index (χ0v) is 11.2. The first-order chi connectivity index (χ1) is 4.83. The fraction of sp³-hybridized carbons (Fsp3) is 0.600. The molecule has 0 unspecified atom stereocenters. The summed E-state index contributed by atoms with van der Waals surface area (Å²) in [5.74, 6) is 0. The number of hydrogen-bond acceptors (Lipinski definition) is 0. The van der Waals surface area contributed by atoms with Gasteiger partial charge in [0.2, 0.25) is 0 Å². The second-order valence-corrected chi connectivity index (χ2v) is 2.92. The zero-order valence-electron chi connectivity index (χ0n) is 8.16. The smallest absolute Gasteiger partial charge is 1.00 e. The van der Waals surface area contributed by atoms with Crippen molar-refractivity contribution in [3.63, 3.8) is 0 Å². The molecule has 0 amide bonds. The van der Waals surface area contributed by atoms with Crippen LogP contribution in [0, 0.1) is 6.08 Å². The predicted octanol–water partition coefficient (Wildman–Crippen LogP) is -2.74. The molecule has 0 aliphatic heterocycles. The van der Waals surface area contributed by atoms with E-state index in [0.717, 1.165) is 6.42 Å². The Morgan fingerprint density at radius 2 is 2.00 bits per heavy atom. The molecular formula is C10H15Cl2Ti. The molecule has 0 bridgehead atoms. The fourth-order valence-corrected chi connectivity index (χ4v) is 1.21. The van der Waals surface area contributed by atoms with E-state index in [1.165, 1.54) is 30.4 Å². The van der Waals surface area contributed by atoms with Crippen molar-refractivity contribution in [2.75, 3.05) is 0 Å². The van der Waals surface area contributed by atoms with Crippen LogP contribution >= 0.6 is 0 Å². The summed E-state index contributed by atoms with van der Waals surface area (Å²) in [5.41, 5.74) is 2.82. The van der Waals surface area contributed by atoms with Gasteiger partial charge < -0.3 is 24.8 Å². The Balaban J connectivity index is -0.000000333. The van der Waals surface area contributed by atoms with Crippen LogP contribution in [0.1, 0.15) is 39.5 Å². The van der Waals surface area contributed by atoms with Gasteiger partial charge in [0.25, 0.3) is 0 Å². The standard InChI is InChI=1S/C10H15.2ClH.Ti/c1-3-4-5-10-7-6-9(2)8-10;;;/h6H,3-5,7H2,1-2H3;2*1H;/q-1;;;+3/p-2. The van der Waals surface area contributed by atoms with Crippen molar-refractivity contribution in [1.29, 1.82) is 0 Å². The maximum atomic E-state index is 3.37. The summed E-state index contributed by atoms with van der Waals surface area (Å²) in [6.07, 6.45) is 10.7. The number of unbranched alkanes of at least 4 members (excludes halogenated alkanes) is 1. The molecule has 0 aromatic heterocycles. The number of hydrogen-bond donors (Lipinski definition) is 0. The zero-order chi connectivity index (χ0) is 7.40. The predicted molar refractivity (Wildman–Crippen MR) is 44.7 cm³/mol. The van der Waals surface area contributed by atoms with Gasteiger partial charge in [-0.15, -0.1) is 0 Å². The Bertz CT molecular complexity index is 174. The molecule has 13 heavy (non-hydrogen) atoms. The second kappa shape index (κ2) is 10.9. The molecule has 1 aliphatic rings. The third kappa shape index (κ3) is 7.82. The molecule has 0 N–H and O–H groups in total. The first kappa shape index (κ1) is 19.4. The summed E-state index contributed by atoms with van der Waals surface area (Å²) < 4.78 is 0. The quantitative estimate of drug-likeness (QED) is 0.379. The van der Waals surface area contributed by atoms with Gasteiger partial charge in [-0.2, -0.15) is 5.57 Å². The topological polar surface area (TPSA) is 0 Å². The van der Waals surface area contributed by atoms with E-state index >= 15 is 0 Å². The van der Waals surface area contributed by atoms with Crippen LogP contribution in [0.15, 0.2) is 17.2 Å². The first-order valence-electron chi connectivity index (χ1n) is 4.11. The van der Waals surface area contributed by atoms with Crippen LogP contribution in [-0.2, 0) is 21.7 Å². The molecule has 0 atom stereocenters. The second-order valence-electron chi connectivity index (χ2n) is 2.92. The summed E-state index contributed by atoms with van der Waals surface area (Å²) in [6.45, 7) is 4.36. The monoisotopic (exact) mass is 253 g/mol. The van der Waals surface area contributed by atoms with Crippen molar-refractivity contribution in [2.24, 2.45) is 0 Å². The van der Waals surface area contributed by atoms with E-state index in [4.69, 9.17) is 0 Å². The van der Waals surface area contributed by atoms with Crippen LogP contribution in [-0.4, -0.2) is 0 Å². The average molecular weight is 254 g/mol. The molecule has 3 heteroatoms. The minimum atomic E-state index is 0. The van der Waals surface area contributed by atoms with Gasteiger partial charge >= 0.3 is 21.7 Å². The van der Waals surface area contributed by atoms with Crippen molar-refractivity contribution in [1.82, 2.24) is 0 Å². The van der Waals surface area contributed by atoms with E-state index in [1.54, 1.807) is 0 Å². The van der Waals surface area contributed by atoms with Crippen molar-refractivity contribution in [2.45, 2.75) is 39.5 Å². The third-order valence-electron chi connectivity index (χ3n) is 1.86. The van der Waals surface area contributed by atoms with Crippen LogP contribution in [0.3, 0.4) is 0 Å². The fourth-order valence-electron chi connectivity index (χ4n) is 1.21. The minimum absolute atomic E-state index is 0. The number of halogens is 2. The number of rotatable bonds is 3. The van der Waals surface area contributed by atoms with Gasteiger partial charge in [0.05, 0.1) is 0 Å². The van der Waals surface area contributed by atoms with Crippen LogP contribution in [0.2, 0.25) is 0 Å². The van der Waals surface area contributed by atoms with Gasteiger partial charge in [0.15, 0.2) is 0 Å². The molecule has 0 nitrogen and oxygen atoms in total. The van der Waals surface area contributed by atoms with E-state index in [0.29, 0.717) is 0 Å². The Morgan fingerprint density at radius 1 is 1.38 bits per heavy atom. The van der Waals surface area contributed by atoms with Crippen molar-refractivity contribution in [3.8, 4) is 0 Å². The summed E-state index contributed by atoms with van der Waals surface area (Å²) in [6, 6.07) is 0. The van der Waals surface area contributed by atoms with Crippen molar-refractivity contribution >= 4 is 0 Å². The normalized spacial score (nSPS) is 13.1. The molecule has 0 fully saturated rings. The molecule has 0 aromatic rings. The maximum absolute atomic E-state index is 3.37. The number of allylic oxidation sites excluding steroid dienone is 4. The first-order valence-corrected chi connectivity index (χ1v) is 4.11. The molecule has 73 valence electrons. The largest absolute Gasteiger partial charge is 3.00 e. The minimum Gasteiger partial charge on any atom is -1.00 e. The molecule has 0 heterocycles. The Morgan fingerprint density at radius 3 is 2.38 bits per heavy atom. The van der Waals surface area contributed by atoms with Gasteiger partial charge in [-0.05, 0) is 0 Å². The summed E-state index contributed by atoms with van der Waals surface area (Å²) in [4.78, 5) is 0. The van der Waals surface area contributed by atoms with Crippen LogP contribution in [0.4, 0.5) is 0 Å². The summed E-state index contributed by atoms with van der Waals surface area (Å²) in [7, 11) is 0. The SMILES string of the molecule is CCCCC1=[C-]C(C)=CC1.[Cl-].[Cl-].[Ti+3]. The summed E-state index contributed by atoms with van der Waals surface area (Å²) >= 11 is 0. The van der Waals surface area contributed by atoms with Crippen molar-refractivity contribution in [3.05, 3.63) is 23.3 Å². The molecule has 0 saturated carbocycles. The Kier molecular flexibility index (Phi) is 16.2. The Labute approximate surface area is 109 Å². The van der Waals surface area contributed by atoms with Crippen LogP contribution in [0.5, 0.6) is 0 Å². The molecule has 0 saturated heterocycles. The third-order valence-corrected chi connectivity index (χ3v) is 1.86. The van der Waals surface area contributed by atoms with E-state index < -0.39 is 0 Å². The molecule has 1 aliphatic carbocycles. The van der Waals surface area contributed by atoms with Gasteiger partial charge in [0, 0.05) is 0 Å². The van der Waals surface area contributed by atoms with Gasteiger partial charge in [-0.25, -0.2) is 17.7 Å². The van der Waals surface area contributed by atoms with Gasteiger partial charge in [0.1, 0.15) is 0 Å². The summed E-state index contributed by atoms with van der Waals surface area (Å²) in [5, 5.41) is 0. The Hall–Kier alpha value is 0.774. The van der Waals surface area contributed by atoms with E-state index in [1.807, 2.05) is 0 Å². The maximum Gasteiger partial charge on any atom is 3.00 e. The van der Waals surface area contributed by atoms with Crippen LogP contribution in [0.25, 0.3) is 0 Å². The molecule has 0 spiro atoms. The van der Waals surface area contributed by atoms with Crippen LogP contribution < -0.4 is 24.8 Å². The van der Waals surface area contributed by atoms with Gasteiger partial charge in [-0.1, -0.05) is 39.5 Å². The van der Waals surface area contributed by atoms with E-state index in [9.17, 15) is 0 Å². The molecule has 1 rings (SSSR count). The molecule has 0 aromatic carbocycles. The average Bonchev–Trinajstić information content (AvgIpc) is 2.31. The van der Waals surface area contributed by atoms with Gasteiger partial charge in [-0.3, -0.25) is 0 Å². The van der Waals surface area contributed by atoms with Crippen molar-refractivity contribution < 1.29 is 46.5 Å². The molecule has 1 radical (unpaired) electrons.